The molecule has 1 saturated heterocycles. The van der Waals surface area contributed by atoms with Crippen LogP contribution in [0.2, 0.25) is 0 Å². The SMILES string of the molecule is COc1ccc(N2C(=O)C(N=O)SC2=S)cc1. The van der Waals surface area contributed by atoms with Crippen molar-refractivity contribution in [1.29, 1.82) is 0 Å². The minimum atomic E-state index is -0.968. The van der Waals surface area contributed by atoms with E-state index in [1.807, 2.05) is 0 Å². The van der Waals surface area contributed by atoms with Crippen molar-refractivity contribution in [1.82, 2.24) is 0 Å². The molecule has 2 rings (SSSR count). The van der Waals surface area contributed by atoms with Gasteiger partial charge in [-0.1, -0.05) is 24.0 Å². The third-order valence-electron chi connectivity index (χ3n) is 2.25. The summed E-state index contributed by atoms with van der Waals surface area (Å²) in [6, 6.07) is 6.85. The fourth-order valence-electron chi connectivity index (χ4n) is 1.43. The molecule has 0 radical (unpaired) electrons. The number of methoxy groups -OCH3 is 1. The minimum Gasteiger partial charge on any atom is -0.497 e. The number of ether oxygens (including phenoxy) is 1. The van der Waals surface area contributed by atoms with Gasteiger partial charge in [0.25, 0.3) is 5.91 Å². The first-order valence-electron chi connectivity index (χ1n) is 4.68. The molecule has 1 unspecified atom stereocenters. The Kier molecular flexibility index (Phi) is 3.39. The van der Waals surface area contributed by atoms with Gasteiger partial charge in [-0.3, -0.25) is 9.69 Å². The molecule has 1 heterocycles. The van der Waals surface area contributed by atoms with Crippen molar-refractivity contribution in [2.75, 3.05) is 12.0 Å². The number of nitroso groups, excluding NO2 is 1. The van der Waals surface area contributed by atoms with Gasteiger partial charge in [0.05, 0.1) is 12.8 Å². The highest BCUT2D eigenvalue weighted by atomic mass is 32.2. The topological polar surface area (TPSA) is 59.0 Å². The van der Waals surface area contributed by atoms with Crippen molar-refractivity contribution in [2.24, 2.45) is 5.18 Å². The van der Waals surface area contributed by atoms with Gasteiger partial charge in [-0.2, -0.15) is 0 Å². The van der Waals surface area contributed by atoms with E-state index in [1.54, 1.807) is 31.4 Å². The largest absolute Gasteiger partial charge is 0.497 e. The summed E-state index contributed by atoms with van der Waals surface area (Å²) in [6.07, 6.45) is 0. The van der Waals surface area contributed by atoms with E-state index in [9.17, 15) is 9.70 Å². The first-order chi connectivity index (χ1) is 8.17. The molecule has 7 heteroatoms. The summed E-state index contributed by atoms with van der Waals surface area (Å²) in [4.78, 5) is 23.5. The fourth-order valence-corrected chi connectivity index (χ4v) is 2.64. The summed E-state index contributed by atoms with van der Waals surface area (Å²) in [5.41, 5.74) is 0.611. The fraction of sp³-hybridized carbons (Fsp3) is 0.200. The Morgan fingerprint density at radius 1 is 1.41 bits per heavy atom. The predicted molar refractivity (Wildman–Crippen MR) is 70.3 cm³/mol. The van der Waals surface area contributed by atoms with Gasteiger partial charge in [0.15, 0.2) is 0 Å². The summed E-state index contributed by atoms with van der Waals surface area (Å²) in [7, 11) is 1.56. The van der Waals surface area contributed by atoms with E-state index in [-0.39, 0.29) is 0 Å². The van der Waals surface area contributed by atoms with Crippen LogP contribution in [0, 0.1) is 4.91 Å². The quantitative estimate of drug-likeness (QED) is 0.621. The lowest BCUT2D eigenvalue weighted by atomic mass is 10.3. The van der Waals surface area contributed by atoms with Gasteiger partial charge < -0.3 is 4.74 Å². The molecule has 1 aliphatic heterocycles. The van der Waals surface area contributed by atoms with Crippen LogP contribution in [-0.4, -0.2) is 22.7 Å². The smallest absolute Gasteiger partial charge is 0.271 e. The molecule has 0 aliphatic carbocycles. The minimum absolute atomic E-state index is 0.338. The lowest BCUT2D eigenvalue weighted by Crippen LogP contribution is -2.30. The summed E-state index contributed by atoms with van der Waals surface area (Å²) >= 11 is 6.03. The van der Waals surface area contributed by atoms with E-state index in [1.165, 1.54) is 4.90 Å². The maximum Gasteiger partial charge on any atom is 0.271 e. The molecule has 1 aromatic carbocycles. The Bertz CT molecular complexity index is 475. The number of nitrogens with zero attached hydrogens (tertiary/aromatic N) is 2. The standard InChI is InChI=1S/C10H8N2O3S2/c1-15-7-4-2-6(3-5-7)12-9(13)8(11-14)17-10(12)16/h2-5,8H,1H3. The summed E-state index contributed by atoms with van der Waals surface area (Å²) in [6.45, 7) is 0. The number of hydrogen-bond acceptors (Lipinski definition) is 6. The highest BCUT2D eigenvalue weighted by Crippen LogP contribution is 2.33. The van der Waals surface area contributed by atoms with Gasteiger partial charge in [0.1, 0.15) is 10.1 Å². The Morgan fingerprint density at radius 2 is 2.06 bits per heavy atom. The Labute approximate surface area is 107 Å². The molecule has 0 spiro atoms. The number of thioether (sulfide) groups is 1. The van der Waals surface area contributed by atoms with E-state index in [2.05, 4.69) is 5.18 Å². The molecule has 0 bridgehead atoms. The van der Waals surface area contributed by atoms with Gasteiger partial charge in [-0.15, -0.1) is 4.91 Å². The molecular formula is C10H8N2O3S2. The third-order valence-corrected chi connectivity index (χ3v) is 3.62. The number of carbonyl (C=O) groups excluding carboxylic acids is 1. The van der Waals surface area contributed by atoms with E-state index in [4.69, 9.17) is 17.0 Å². The van der Waals surface area contributed by atoms with Crippen LogP contribution in [0.3, 0.4) is 0 Å². The average Bonchev–Trinajstić information content (AvgIpc) is 2.64. The molecule has 88 valence electrons. The second-order valence-corrected chi connectivity index (χ2v) is 4.93. The van der Waals surface area contributed by atoms with Gasteiger partial charge in [0.2, 0.25) is 5.37 Å². The monoisotopic (exact) mass is 268 g/mol. The van der Waals surface area contributed by atoms with Crippen LogP contribution < -0.4 is 9.64 Å². The number of thiocarbonyl (C=S) groups is 1. The number of rotatable bonds is 3. The van der Waals surface area contributed by atoms with Crippen molar-refractivity contribution < 1.29 is 9.53 Å². The van der Waals surface area contributed by atoms with Crippen molar-refractivity contribution in [3.8, 4) is 5.75 Å². The first-order valence-corrected chi connectivity index (χ1v) is 5.97. The van der Waals surface area contributed by atoms with E-state index in [0.717, 1.165) is 11.8 Å². The van der Waals surface area contributed by atoms with Gasteiger partial charge in [-0.25, -0.2) is 0 Å². The summed E-state index contributed by atoms with van der Waals surface area (Å²) in [5.74, 6) is 0.282. The van der Waals surface area contributed by atoms with Crippen LogP contribution in [0.25, 0.3) is 0 Å². The highest BCUT2D eigenvalue weighted by Gasteiger charge is 2.39. The second kappa shape index (κ2) is 4.80. The Balaban J connectivity index is 2.30. The van der Waals surface area contributed by atoms with Crippen molar-refractivity contribution in [3.63, 3.8) is 0 Å². The van der Waals surface area contributed by atoms with Crippen molar-refractivity contribution in [2.45, 2.75) is 5.37 Å². The third kappa shape index (κ3) is 2.16. The van der Waals surface area contributed by atoms with Crippen LogP contribution in [0.15, 0.2) is 29.4 Å². The molecule has 5 nitrogen and oxygen atoms in total. The predicted octanol–water partition coefficient (Wildman–Crippen LogP) is 2.15. The van der Waals surface area contributed by atoms with E-state index >= 15 is 0 Å². The molecule has 1 atom stereocenters. The number of amides is 1. The average molecular weight is 268 g/mol. The van der Waals surface area contributed by atoms with Crippen LogP contribution in [0.1, 0.15) is 0 Å². The number of anilines is 1. The molecular weight excluding hydrogens is 260 g/mol. The normalized spacial score (nSPS) is 19.6. The lowest BCUT2D eigenvalue weighted by Gasteiger charge is -2.14. The Hall–Kier alpha value is -1.47. The zero-order valence-corrected chi connectivity index (χ0v) is 10.5. The van der Waals surface area contributed by atoms with E-state index in [0.29, 0.717) is 15.8 Å². The number of carbonyl (C=O) groups is 1. The number of benzene rings is 1. The van der Waals surface area contributed by atoms with Crippen LogP contribution >= 0.6 is 24.0 Å². The molecule has 0 aromatic heterocycles. The number of hydrogen-bond donors (Lipinski definition) is 0. The lowest BCUT2D eigenvalue weighted by molar-refractivity contribution is -0.116. The molecule has 17 heavy (non-hydrogen) atoms. The van der Waals surface area contributed by atoms with Crippen molar-refractivity contribution >= 4 is 39.9 Å². The maximum absolute atomic E-state index is 11.8. The molecule has 1 fully saturated rings. The van der Waals surface area contributed by atoms with Gasteiger partial charge in [-0.05, 0) is 29.4 Å². The first kappa shape index (κ1) is 12.0. The van der Waals surface area contributed by atoms with Crippen LogP contribution in [0.4, 0.5) is 5.69 Å². The van der Waals surface area contributed by atoms with Crippen LogP contribution in [-0.2, 0) is 4.79 Å². The molecule has 1 aromatic rings. The molecule has 1 amide bonds. The zero-order chi connectivity index (χ0) is 12.4. The van der Waals surface area contributed by atoms with Gasteiger partial charge >= 0.3 is 0 Å². The van der Waals surface area contributed by atoms with Crippen LogP contribution in [0.5, 0.6) is 5.75 Å². The Morgan fingerprint density at radius 3 is 2.53 bits per heavy atom. The van der Waals surface area contributed by atoms with Gasteiger partial charge in [0, 0.05) is 0 Å². The highest BCUT2D eigenvalue weighted by molar-refractivity contribution is 8.25. The summed E-state index contributed by atoms with van der Waals surface area (Å²) in [5, 5.41) is 1.77. The van der Waals surface area contributed by atoms with E-state index < -0.39 is 11.3 Å². The molecule has 1 aliphatic rings. The second-order valence-electron chi connectivity index (χ2n) is 3.21. The van der Waals surface area contributed by atoms with Crippen molar-refractivity contribution in [3.05, 3.63) is 29.2 Å². The summed E-state index contributed by atoms with van der Waals surface area (Å²) < 4.78 is 5.36. The molecule has 0 saturated carbocycles. The maximum atomic E-state index is 11.8. The zero-order valence-electron chi connectivity index (χ0n) is 8.82. The molecule has 0 N–H and O–H groups in total.